The zero-order chi connectivity index (χ0) is 15.3. The monoisotopic (exact) mass is 279 g/mol. The van der Waals surface area contributed by atoms with Crippen molar-refractivity contribution >= 4 is 11.7 Å². The first-order chi connectivity index (χ1) is 9.26. The first-order valence-electron chi connectivity index (χ1n) is 6.23. The number of hydrogen-bond donors (Lipinski definition) is 3. The lowest BCUT2D eigenvalue weighted by Gasteiger charge is -2.27. The largest absolute Gasteiger partial charge is 0.388 e. The fourth-order valence-corrected chi connectivity index (χ4v) is 1.33. The minimum absolute atomic E-state index is 0.0150. The molecule has 3 N–H and O–H groups in total. The second-order valence-corrected chi connectivity index (χ2v) is 5.13. The Morgan fingerprint density at radius 3 is 2.75 bits per heavy atom. The van der Waals surface area contributed by atoms with Gasteiger partial charge < -0.3 is 15.7 Å². The van der Waals surface area contributed by atoms with Crippen LogP contribution in [0, 0.1) is 23.1 Å². The average molecular weight is 279 g/mol. The van der Waals surface area contributed by atoms with E-state index in [-0.39, 0.29) is 18.0 Å². The number of nitriles is 1. The van der Waals surface area contributed by atoms with Crippen molar-refractivity contribution in [2.75, 3.05) is 11.9 Å². The number of rotatable bonds is 4. The van der Waals surface area contributed by atoms with E-state index in [4.69, 9.17) is 5.26 Å². The molecular formula is C14H18FN3O2. The van der Waals surface area contributed by atoms with Crippen LogP contribution in [0.1, 0.15) is 26.3 Å². The van der Waals surface area contributed by atoms with E-state index >= 15 is 0 Å². The van der Waals surface area contributed by atoms with E-state index < -0.39 is 17.4 Å². The van der Waals surface area contributed by atoms with E-state index in [1.54, 1.807) is 13.0 Å². The van der Waals surface area contributed by atoms with Crippen molar-refractivity contribution in [3.8, 4) is 6.07 Å². The maximum atomic E-state index is 13.1. The Kier molecular flexibility index (Phi) is 5.06. The van der Waals surface area contributed by atoms with Crippen LogP contribution in [0.4, 0.5) is 14.9 Å². The molecule has 1 rings (SSSR count). The van der Waals surface area contributed by atoms with Gasteiger partial charge in [-0.15, -0.1) is 0 Å². The van der Waals surface area contributed by atoms with Gasteiger partial charge in [0.1, 0.15) is 11.9 Å². The minimum atomic E-state index is -1.02. The molecule has 0 aromatic heterocycles. The summed E-state index contributed by atoms with van der Waals surface area (Å²) in [7, 11) is 0. The van der Waals surface area contributed by atoms with Crippen LogP contribution in [-0.4, -0.2) is 23.3 Å². The van der Waals surface area contributed by atoms with Gasteiger partial charge in [0.05, 0.1) is 11.2 Å². The zero-order valence-electron chi connectivity index (χ0n) is 11.7. The van der Waals surface area contributed by atoms with Gasteiger partial charge in [0.2, 0.25) is 0 Å². The molecule has 0 aliphatic rings. The van der Waals surface area contributed by atoms with Crippen LogP contribution in [-0.2, 0) is 0 Å². The quantitative estimate of drug-likeness (QED) is 0.790. The van der Waals surface area contributed by atoms with Gasteiger partial charge in [0.25, 0.3) is 0 Å². The average Bonchev–Trinajstić information content (AvgIpc) is 2.38. The maximum absolute atomic E-state index is 13.1. The molecule has 2 amide bonds. The number of benzene rings is 1. The van der Waals surface area contributed by atoms with Crippen molar-refractivity contribution in [1.82, 2.24) is 5.32 Å². The van der Waals surface area contributed by atoms with E-state index in [0.717, 1.165) is 6.07 Å². The van der Waals surface area contributed by atoms with Gasteiger partial charge >= 0.3 is 6.03 Å². The SMILES string of the molecule is CC(C)C(C)(O)CNC(=O)Nc1ccc(F)c(C#N)c1. The molecule has 6 heteroatoms. The molecule has 108 valence electrons. The van der Waals surface area contributed by atoms with Gasteiger partial charge in [-0.3, -0.25) is 0 Å². The Bertz CT molecular complexity index is 536. The summed E-state index contributed by atoms with van der Waals surface area (Å²) in [6, 6.07) is 4.88. The molecule has 0 saturated heterocycles. The second kappa shape index (κ2) is 6.35. The Labute approximate surface area is 117 Å². The van der Waals surface area contributed by atoms with Gasteiger partial charge in [0, 0.05) is 12.2 Å². The third kappa shape index (κ3) is 4.21. The number of halogens is 1. The Balaban J connectivity index is 2.62. The predicted molar refractivity (Wildman–Crippen MR) is 73.6 cm³/mol. The zero-order valence-corrected chi connectivity index (χ0v) is 11.7. The topological polar surface area (TPSA) is 85.2 Å². The van der Waals surface area contributed by atoms with E-state index in [2.05, 4.69) is 10.6 Å². The lowest BCUT2D eigenvalue weighted by molar-refractivity contribution is 0.0170. The lowest BCUT2D eigenvalue weighted by atomic mass is 9.93. The smallest absolute Gasteiger partial charge is 0.319 e. The number of anilines is 1. The highest BCUT2D eigenvalue weighted by atomic mass is 19.1. The molecule has 0 fully saturated rings. The summed E-state index contributed by atoms with van der Waals surface area (Å²) in [5, 5.41) is 23.7. The normalized spacial score (nSPS) is 13.4. The molecule has 0 saturated carbocycles. The van der Waals surface area contributed by atoms with E-state index in [1.165, 1.54) is 12.1 Å². The highest BCUT2D eigenvalue weighted by Crippen LogP contribution is 2.15. The summed E-state index contributed by atoms with van der Waals surface area (Å²) in [5.41, 5.74) is -0.848. The predicted octanol–water partition coefficient (Wildman–Crippen LogP) is 2.23. The molecule has 0 heterocycles. The third-order valence-electron chi connectivity index (χ3n) is 3.20. The molecule has 0 radical (unpaired) electrons. The van der Waals surface area contributed by atoms with Crippen molar-refractivity contribution in [2.24, 2.45) is 5.92 Å². The molecular weight excluding hydrogens is 261 g/mol. The molecule has 20 heavy (non-hydrogen) atoms. The van der Waals surface area contributed by atoms with Crippen molar-refractivity contribution in [1.29, 1.82) is 5.26 Å². The van der Waals surface area contributed by atoms with Crippen LogP contribution in [0.3, 0.4) is 0 Å². The molecule has 0 bridgehead atoms. The van der Waals surface area contributed by atoms with Crippen LogP contribution < -0.4 is 10.6 Å². The van der Waals surface area contributed by atoms with Gasteiger partial charge in [0.15, 0.2) is 0 Å². The highest BCUT2D eigenvalue weighted by Gasteiger charge is 2.25. The highest BCUT2D eigenvalue weighted by molar-refractivity contribution is 5.89. The molecule has 5 nitrogen and oxygen atoms in total. The first kappa shape index (κ1) is 15.9. The number of hydrogen-bond acceptors (Lipinski definition) is 3. The van der Waals surface area contributed by atoms with Crippen molar-refractivity contribution in [3.05, 3.63) is 29.6 Å². The van der Waals surface area contributed by atoms with Gasteiger partial charge in [-0.1, -0.05) is 13.8 Å². The standard InChI is InChI=1S/C14H18FN3O2/c1-9(2)14(3,20)8-17-13(19)18-11-4-5-12(15)10(6-11)7-16/h4-6,9,20H,8H2,1-3H3,(H2,17,18,19). The van der Waals surface area contributed by atoms with Gasteiger partial charge in [-0.2, -0.15) is 5.26 Å². The van der Waals surface area contributed by atoms with Crippen LogP contribution in [0.2, 0.25) is 0 Å². The van der Waals surface area contributed by atoms with Crippen LogP contribution >= 0.6 is 0 Å². The maximum Gasteiger partial charge on any atom is 0.319 e. The van der Waals surface area contributed by atoms with Crippen LogP contribution in [0.15, 0.2) is 18.2 Å². The molecule has 0 spiro atoms. The summed E-state index contributed by atoms with van der Waals surface area (Å²) in [6.45, 7) is 5.41. The molecule has 1 aromatic carbocycles. The summed E-state index contributed by atoms with van der Waals surface area (Å²) in [5.74, 6) is -0.653. The summed E-state index contributed by atoms with van der Waals surface area (Å²) in [4.78, 5) is 11.7. The molecule has 1 aromatic rings. The molecule has 1 atom stereocenters. The van der Waals surface area contributed by atoms with E-state index in [1.807, 2.05) is 13.8 Å². The summed E-state index contributed by atoms with van der Waals surface area (Å²) < 4.78 is 13.1. The number of nitrogens with one attached hydrogen (secondary N) is 2. The van der Waals surface area contributed by atoms with Crippen molar-refractivity contribution in [3.63, 3.8) is 0 Å². The first-order valence-corrected chi connectivity index (χ1v) is 6.23. The number of amides is 2. The summed E-state index contributed by atoms with van der Waals surface area (Å²) >= 11 is 0. The van der Waals surface area contributed by atoms with Crippen molar-refractivity contribution < 1.29 is 14.3 Å². The Hall–Kier alpha value is -2.13. The van der Waals surface area contributed by atoms with Gasteiger partial charge in [-0.05, 0) is 31.0 Å². The third-order valence-corrected chi connectivity index (χ3v) is 3.20. The number of carbonyl (C=O) groups excluding carboxylic acids is 1. The van der Waals surface area contributed by atoms with Crippen LogP contribution in [0.25, 0.3) is 0 Å². The number of carbonyl (C=O) groups is 1. The molecule has 0 aliphatic heterocycles. The van der Waals surface area contributed by atoms with E-state index in [9.17, 15) is 14.3 Å². The Morgan fingerprint density at radius 2 is 2.20 bits per heavy atom. The lowest BCUT2D eigenvalue weighted by Crippen LogP contribution is -2.45. The van der Waals surface area contributed by atoms with E-state index in [0.29, 0.717) is 5.69 Å². The number of aliphatic hydroxyl groups is 1. The van der Waals surface area contributed by atoms with Crippen molar-refractivity contribution in [2.45, 2.75) is 26.4 Å². The molecule has 1 unspecified atom stereocenters. The number of urea groups is 1. The number of nitrogens with zero attached hydrogens (tertiary/aromatic N) is 1. The molecule has 0 aliphatic carbocycles. The second-order valence-electron chi connectivity index (χ2n) is 5.13. The van der Waals surface area contributed by atoms with Gasteiger partial charge in [-0.25, -0.2) is 9.18 Å². The fraction of sp³-hybridized carbons (Fsp3) is 0.429. The summed E-state index contributed by atoms with van der Waals surface area (Å²) in [6.07, 6.45) is 0. The Morgan fingerprint density at radius 1 is 1.55 bits per heavy atom. The van der Waals surface area contributed by atoms with Crippen LogP contribution in [0.5, 0.6) is 0 Å². The fourth-order valence-electron chi connectivity index (χ4n) is 1.33. The minimum Gasteiger partial charge on any atom is -0.388 e.